The lowest BCUT2D eigenvalue weighted by molar-refractivity contribution is -0.118. The van der Waals surface area contributed by atoms with Crippen LogP contribution in [0, 0.1) is 0 Å². The molecule has 0 radical (unpaired) electrons. The number of nitrogens with zero attached hydrogens (tertiary/aromatic N) is 1. The molecule has 0 saturated carbocycles. The number of likely N-dealkylation sites (N-methyl/N-ethyl adjacent to an activating group) is 1. The van der Waals surface area contributed by atoms with E-state index in [-0.39, 0.29) is 18.4 Å². The Balaban J connectivity index is 1.61. The first-order valence-corrected chi connectivity index (χ1v) is 7.00. The lowest BCUT2D eigenvalue weighted by Gasteiger charge is -2.11. The summed E-state index contributed by atoms with van der Waals surface area (Å²) in [7, 11) is 1.75. The fraction of sp³-hybridized carbons (Fsp3) is 0.176. The van der Waals surface area contributed by atoms with Crippen molar-refractivity contribution in [1.82, 2.24) is 0 Å². The van der Waals surface area contributed by atoms with Crippen LogP contribution in [0.4, 0.5) is 11.4 Å². The first kappa shape index (κ1) is 14.1. The summed E-state index contributed by atoms with van der Waals surface area (Å²) in [5, 5.41) is 2.78. The Bertz CT molecular complexity index is 713. The summed E-state index contributed by atoms with van der Waals surface area (Å²) in [4.78, 5) is 25.2. The number of nitrogens with one attached hydrogen (secondary N) is 1. The van der Waals surface area contributed by atoms with Crippen LogP contribution in [0.1, 0.15) is 5.56 Å². The second kappa shape index (κ2) is 5.89. The quantitative estimate of drug-likeness (QED) is 0.941. The van der Waals surface area contributed by atoms with Crippen molar-refractivity contribution in [2.45, 2.75) is 6.42 Å². The second-order valence-electron chi connectivity index (χ2n) is 5.12. The van der Waals surface area contributed by atoms with Crippen LogP contribution in [-0.4, -0.2) is 25.5 Å². The van der Waals surface area contributed by atoms with Crippen molar-refractivity contribution in [2.75, 3.05) is 23.9 Å². The maximum absolute atomic E-state index is 11.9. The average Bonchev–Trinajstić information content (AvgIpc) is 2.81. The third-order valence-corrected chi connectivity index (χ3v) is 3.55. The number of benzene rings is 2. The molecule has 5 heteroatoms. The maximum Gasteiger partial charge on any atom is 0.262 e. The van der Waals surface area contributed by atoms with E-state index in [2.05, 4.69) is 5.32 Å². The molecule has 0 fully saturated rings. The predicted molar refractivity (Wildman–Crippen MR) is 84.1 cm³/mol. The third-order valence-electron chi connectivity index (χ3n) is 3.55. The minimum absolute atomic E-state index is 0.0556. The summed E-state index contributed by atoms with van der Waals surface area (Å²) < 4.78 is 5.39. The minimum atomic E-state index is -0.235. The molecule has 0 saturated heterocycles. The van der Waals surface area contributed by atoms with Crippen LogP contribution in [0.25, 0.3) is 0 Å². The topological polar surface area (TPSA) is 58.6 Å². The molecule has 1 aliphatic rings. The highest BCUT2D eigenvalue weighted by Gasteiger charge is 2.23. The molecule has 0 aliphatic carbocycles. The fourth-order valence-corrected chi connectivity index (χ4v) is 2.41. The maximum atomic E-state index is 11.9. The highest BCUT2D eigenvalue weighted by molar-refractivity contribution is 6.02. The first-order valence-electron chi connectivity index (χ1n) is 7.00. The summed E-state index contributed by atoms with van der Waals surface area (Å²) in [6, 6.07) is 14.6. The van der Waals surface area contributed by atoms with Crippen molar-refractivity contribution in [3.63, 3.8) is 0 Å². The SMILES string of the molecule is CN1C(=O)Cc2cc(NC(=O)COc3ccccc3)ccc21. The van der Waals surface area contributed by atoms with Gasteiger partial charge in [-0.3, -0.25) is 9.59 Å². The largest absolute Gasteiger partial charge is 0.484 e. The number of fused-ring (bicyclic) bond motifs is 1. The van der Waals surface area contributed by atoms with Crippen molar-refractivity contribution in [3.8, 4) is 5.75 Å². The summed E-state index contributed by atoms with van der Waals surface area (Å²) in [6.07, 6.45) is 0.371. The summed E-state index contributed by atoms with van der Waals surface area (Å²) in [5.74, 6) is 0.478. The molecule has 0 bridgehead atoms. The average molecular weight is 296 g/mol. The molecular weight excluding hydrogens is 280 g/mol. The van der Waals surface area contributed by atoms with E-state index in [0.717, 1.165) is 11.3 Å². The van der Waals surface area contributed by atoms with Gasteiger partial charge in [0.2, 0.25) is 5.91 Å². The van der Waals surface area contributed by atoms with Crippen LogP contribution in [0.3, 0.4) is 0 Å². The van der Waals surface area contributed by atoms with Gasteiger partial charge in [0.25, 0.3) is 5.91 Å². The van der Waals surface area contributed by atoms with Gasteiger partial charge in [0.05, 0.1) is 6.42 Å². The number of hydrogen-bond donors (Lipinski definition) is 1. The zero-order chi connectivity index (χ0) is 15.5. The van der Waals surface area contributed by atoms with Gasteiger partial charge in [-0.25, -0.2) is 0 Å². The van der Waals surface area contributed by atoms with E-state index in [1.165, 1.54) is 0 Å². The number of amides is 2. The molecule has 112 valence electrons. The van der Waals surface area contributed by atoms with E-state index in [1.807, 2.05) is 30.3 Å². The Hall–Kier alpha value is -2.82. The predicted octanol–water partition coefficient (Wildman–Crippen LogP) is 2.22. The molecule has 1 heterocycles. The van der Waals surface area contributed by atoms with Crippen LogP contribution in [0.15, 0.2) is 48.5 Å². The van der Waals surface area contributed by atoms with Crippen LogP contribution < -0.4 is 15.0 Å². The Morgan fingerprint density at radius 3 is 2.77 bits per heavy atom. The molecule has 3 rings (SSSR count). The van der Waals surface area contributed by atoms with Crippen molar-refractivity contribution >= 4 is 23.2 Å². The van der Waals surface area contributed by atoms with Crippen LogP contribution in [0.2, 0.25) is 0 Å². The van der Waals surface area contributed by atoms with Gasteiger partial charge in [0.1, 0.15) is 5.75 Å². The van der Waals surface area contributed by atoms with E-state index in [0.29, 0.717) is 17.9 Å². The zero-order valence-electron chi connectivity index (χ0n) is 12.2. The van der Waals surface area contributed by atoms with Gasteiger partial charge in [-0.05, 0) is 35.9 Å². The van der Waals surface area contributed by atoms with Crippen molar-refractivity contribution in [1.29, 1.82) is 0 Å². The standard InChI is InChI=1S/C17H16N2O3/c1-19-15-8-7-13(9-12(15)10-17(19)21)18-16(20)11-22-14-5-3-2-4-6-14/h2-9H,10-11H2,1H3,(H,18,20). The molecule has 5 nitrogen and oxygen atoms in total. The molecule has 2 aromatic rings. The molecule has 22 heavy (non-hydrogen) atoms. The summed E-state index contributed by atoms with van der Waals surface area (Å²) in [6.45, 7) is -0.0556. The normalized spacial score (nSPS) is 13.0. The van der Waals surface area contributed by atoms with Gasteiger partial charge in [-0.2, -0.15) is 0 Å². The minimum Gasteiger partial charge on any atom is -0.484 e. The Kier molecular flexibility index (Phi) is 3.78. The Labute approximate surface area is 128 Å². The van der Waals surface area contributed by atoms with E-state index >= 15 is 0 Å². The zero-order valence-corrected chi connectivity index (χ0v) is 12.2. The highest BCUT2D eigenvalue weighted by Crippen LogP contribution is 2.29. The highest BCUT2D eigenvalue weighted by atomic mass is 16.5. The van der Waals surface area contributed by atoms with Crippen LogP contribution in [0.5, 0.6) is 5.75 Å². The molecule has 0 atom stereocenters. The molecule has 1 N–H and O–H groups in total. The number of hydrogen-bond acceptors (Lipinski definition) is 3. The van der Waals surface area contributed by atoms with Gasteiger partial charge >= 0.3 is 0 Å². The first-order chi connectivity index (χ1) is 10.6. The van der Waals surface area contributed by atoms with Gasteiger partial charge in [0.15, 0.2) is 6.61 Å². The lowest BCUT2D eigenvalue weighted by Crippen LogP contribution is -2.20. The van der Waals surface area contributed by atoms with E-state index in [4.69, 9.17) is 4.74 Å². The van der Waals surface area contributed by atoms with Gasteiger partial charge in [0, 0.05) is 18.4 Å². The molecule has 0 aromatic heterocycles. The number of rotatable bonds is 4. The van der Waals surface area contributed by atoms with Gasteiger partial charge < -0.3 is 15.0 Å². The monoisotopic (exact) mass is 296 g/mol. The number of carbonyl (C=O) groups excluding carboxylic acids is 2. The van der Waals surface area contributed by atoms with Gasteiger partial charge in [-0.1, -0.05) is 18.2 Å². The van der Waals surface area contributed by atoms with E-state index < -0.39 is 0 Å². The second-order valence-corrected chi connectivity index (χ2v) is 5.12. The molecule has 0 spiro atoms. The number of ether oxygens (including phenoxy) is 1. The fourth-order valence-electron chi connectivity index (χ4n) is 2.41. The Morgan fingerprint density at radius 2 is 2.00 bits per heavy atom. The molecule has 1 aliphatic heterocycles. The number of carbonyl (C=O) groups is 2. The number of anilines is 2. The van der Waals surface area contributed by atoms with Crippen LogP contribution in [-0.2, 0) is 16.0 Å². The molecular formula is C17H16N2O3. The molecule has 2 aromatic carbocycles. The van der Waals surface area contributed by atoms with Crippen LogP contribution >= 0.6 is 0 Å². The van der Waals surface area contributed by atoms with Crippen molar-refractivity contribution in [3.05, 3.63) is 54.1 Å². The van der Waals surface area contributed by atoms with Gasteiger partial charge in [-0.15, -0.1) is 0 Å². The van der Waals surface area contributed by atoms with E-state index in [9.17, 15) is 9.59 Å². The summed E-state index contributed by atoms with van der Waals surface area (Å²) in [5.41, 5.74) is 2.49. The smallest absolute Gasteiger partial charge is 0.262 e. The van der Waals surface area contributed by atoms with Crippen molar-refractivity contribution < 1.29 is 14.3 Å². The number of para-hydroxylation sites is 1. The molecule has 2 amide bonds. The summed E-state index contributed by atoms with van der Waals surface area (Å²) >= 11 is 0. The Morgan fingerprint density at radius 1 is 1.23 bits per heavy atom. The van der Waals surface area contributed by atoms with E-state index in [1.54, 1.807) is 30.1 Å². The molecule has 0 unspecified atom stereocenters. The van der Waals surface area contributed by atoms with Crippen molar-refractivity contribution in [2.24, 2.45) is 0 Å². The lowest BCUT2D eigenvalue weighted by atomic mass is 10.1. The third kappa shape index (κ3) is 2.93.